The Morgan fingerprint density at radius 3 is 3.00 bits per heavy atom. The average Bonchev–Trinajstić information content (AvgIpc) is 2.56. The summed E-state index contributed by atoms with van der Waals surface area (Å²) >= 11 is 0. The Morgan fingerprint density at radius 2 is 2.33 bits per heavy atom. The van der Waals surface area contributed by atoms with E-state index in [-0.39, 0.29) is 6.10 Å². The normalized spacial score (nSPS) is 36.6. The van der Waals surface area contributed by atoms with E-state index < -0.39 is 0 Å². The molecule has 1 heterocycles. The number of rotatable bonds is 1. The summed E-state index contributed by atoms with van der Waals surface area (Å²) in [5.41, 5.74) is 1.44. The van der Waals surface area contributed by atoms with E-state index in [1.807, 2.05) is 6.08 Å². The van der Waals surface area contributed by atoms with E-state index >= 15 is 0 Å². The van der Waals surface area contributed by atoms with Crippen molar-refractivity contribution < 1.29 is 9.84 Å². The van der Waals surface area contributed by atoms with Gasteiger partial charge in [0.2, 0.25) is 0 Å². The SMILES string of the molecule is OC1C=C(C2CCOC2)CCC1. The maximum Gasteiger partial charge on any atom is 0.0723 e. The third-order valence-electron chi connectivity index (χ3n) is 2.83. The molecule has 0 spiro atoms. The molecule has 0 bridgehead atoms. The van der Waals surface area contributed by atoms with Gasteiger partial charge in [0.1, 0.15) is 0 Å². The Labute approximate surface area is 73.2 Å². The van der Waals surface area contributed by atoms with Crippen molar-refractivity contribution in [2.75, 3.05) is 13.2 Å². The molecule has 2 rings (SSSR count). The van der Waals surface area contributed by atoms with Gasteiger partial charge in [-0.2, -0.15) is 0 Å². The van der Waals surface area contributed by atoms with Gasteiger partial charge in [0, 0.05) is 12.5 Å². The molecular formula is C10H16O2. The van der Waals surface area contributed by atoms with Crippen molar-refractivity contribution >= 4 is 0 Å². The fourth-order valence-electron chi connectivity index (χ4n) is 2.10. The van der Waals surface area contributed by atoms with Gasteiger partial charge < -0.3 is 9.84 Å². The number of aliphatic hydroxyl groups is 1. The first-order valence-corrected chi connectivity index (χ1v) is 4.82. The lowest BCUT2D eigenvalue weighted by molar-refractivity contribution is 0.183. The predicted octanol–water partition coefficient (Wildman–Crippen LogP) is 1.49. The highest BCUT2D eigenvalue weighted by atomic mass is 16.5. The molecule has 2 aliphatic rings. The van der Waals surface area contributed by atoms with Crippen molar-refractivity contribution in [1.29, 1.82) is 0 Å². The molecule has 68 valence electrons. The van der Waals surface area contributed by atoms with E-state index in [2.05, 4.69) is 0 Å². The number of hydrogen-bond acceptors (Lipinski definition) is 2. The lowest BCUT2D eigenvalue weighted by Crippen LogP contribution is -2.14. The van der Waals surface area contributed by atoms with Crippen molar-refractivity contribution in [3.05, 3.63) is 11.6 Å². The van der Waals surface area contributed by atoms with Crippen LogP contribution in [0, 0.1) is 5.92 Å². The quantitative estimate of drug-likeness (QED) is 0.601. The van der Waals surface area contributed by atoms with E-state index in [1.165, 1.54) is 12.0 Å². The third-order valence-corrected chi connectivity index (χ3v) is 2.83. The van der Waals surface area contributed by atoms with E-state index in [0.717, 1.165) is 32.5 Å². The summed E-state index contributed by atoms with van der Waals surface area (Å²) in [6, 6.07) is 0. The summed E-state index contributed by atoms with van der Waals surface area (Å²) in [6.07, 6.45) is 6.27. The Balaban J connectivity index is 2.01. The highest BCUT2D eigenvalue weighted by molar-refractivity contribution is 5.13. The van der Waals surface area contributed by atoms with Crippen LogP contribution in [0.5, 0.6) is 0 Å². The lowest BCUT2D eigenvalue weighted by atomic mass is 9.88. The average molecular weight is 168 g/mol. The van der Waals surface area contributed by atoms with Gasteiger partial charge in [0.15, 0.2) is 0 Å². The minimum atomic E-state index is -0.186. The molecule has 2 nitrogen and oxygen atoms in total. The van der Waals surface area contributed by atoms with E-state index in [1.54, 1.807) is 0 Å². The first-order valence-electron chi connectivity index (χ1n) is 4.82. The summed E-state index contributed by atoms with van der Waals surface area (Å²) in [5, 5.41) is 9.42. The zero-order chi connectivity index (χ0) is 8.39. The smallest absolute Gasteiger partial charge is 0.0723 e. The molecule has 0 amide bonds. The molecule has 1 N–H and O–H groups in total. The number of hydrogen-bond donors (Lipinski definition) is 1. The van der Waals surface area contributed by atoms with Gasteiger partial charge in [-0.05, 0) is 25.7 Å². The van der Waals surface area contributed by atoms with Crippen molar-refractivity contribution in [1.82, 2.24) is 0 Å². The molecular weight excluding hydrogens is 152 g/mol. The zero-order valence-electron chi connectivity index (χ0n) is 7.33. The predicted molar refractivity (Wildman–Crippen MR) is 46.9 cm³/mol. The van der Waals surface area contributed by atoms with Crippen molar-refractivity contribution in [2.24, 2.45) is 5.92 Å². The summed E-state index contributed by atoms with van der Waals surface area (Å²) in [6.45, 7) is 1.77. The maximum atomic E-state index is 9.42. The summed E-state index contributed by atoms with van der Waals surface area (Å²) in [7, 11) is 0. The minimum Gasteiger partial charge on any atom is -0.389 e. The van der Waals surface area contributed by atoms with Crippen LogP contribution in [0.1, 0.15) is 25.7 Å². The molecule has 0 radical (unpaired) electrons. The molecule has 1 fully saturated rings. The molecule has 1 aliphatic carbocycles. The zero-order valence-corrected chi connectivity index (χ0v) is 7.33. The van der Waals surface area contributed by atoms with Gasteiger partial charge in [-0.3, -0.25) is 0 Å². The Bertz CT molecular complexity index is 180. The van der Waals surface area contributed by atoms with Crippen molar-refractivity contribution in [3.8, 4) is 0 Å². The van der Waals surface area contributed by atoms with Gasteiger partial charge in [0.05, 0.1) is 12.7 Å². The van der Waals surface area contributed by atoms with Crippen LogP contribution in [-0.4, -0.2) is 24.4 Å². The van der Waals surface area contributed by atoms with Crippen LogP contribution in [-0.2, 0) is 4.74 Å². The minimum absolute atomic E-state index is 0.186. The van der Waals surface area contributed by atoms with Crippen molar-refractivity contribution in [3.63, 3.8) is 0 Å². The fraction of sp³-hybridized carbons (Fsp3) is 0.800. The lowest BCUT2D eigenvalue weighted by Gasteiger charge is -2.20. The molecule has 0 aromatic carbocycles. The van der Waals surface area contributed by atoms with Crippen LogP contribution >= 0.6 is 0 Å². The standard InChI is InChI=1S/C10H16O2/c11-10-3-1-2-8(6-10)9-4-5-12-7-9/h6,9-11H,1-5,7H2. The first-order chi connectivity index (χ1) is 5.86. The molecule has 1 aliphatic heterocycles. The van der Waals surface area contributed by atoms with Gasteiger partial charge in [-0.1, -0.05) is 11.6 Å². The topological polar surface area (TPSA) is 29.5 Å². The summed E-state index contributed by atoms with van der Waals surface area (Å²) in [5.74, 6) is 0.611. The maximum absolute atomic E-state index is 9.42. The van der Waals surface area contributed by atoms with Crippen LogP contribution < -0.4 is 0 Å². The molecule has 2 unspecified atom stereocenters. The highest BCUT2D eigenvalue weighted by Crippen LogP contribution is 2.29. The molecule has 0 aromatic rings. The molecule has 1 saturated heterocycles. The molecule has 12 heavy (non-hydrogen) atoms. The molecule has 0 saturated carbocycles. The first kappa shape index (κ1) is 8.27. The van der Waals surface area contributed by atoms with Crippen LogP contribution in [0.25, 0.3) is 0 Å². The van der Waals surface area contributed by atoms with Crippen LogP contribution in [0.4, 0.5) is 0 Å². The monoisotopic (exact) mass is 168 g/mol. The van der Waals surface area contributed by atoms with E-state index in [4.69, 9.17) is 4.74 Å². The third kappa shape index (κ3) is 1.70. The van der Waals surface area contributed by atoms with Crippen molar-refractivity contribution in [2.45, 2.75) is 31.8 Å². The Hall–Kier alpha value is -0.340. The molecule has 2 atom stereocenters. The van der Waals surface area contributed by atoms with E-state index in [0.29, 0.717) is 5.92 Å². The Morgan fingerprint density at radius 1 is 1.42 bits per heavy atom. The molecule has 2 heteroatoms. The number of aliphatic hydroxyl groups excluding tert-OH is 1. The van der Waals surface area contributed by atoms with Crippen LogP contribution in [0.3, 0.4) is 0 Å². The molecule has 0 aromatic heterocycles. The summed E-state index contributed by atoms with van der Waals surface area (Å²) < 4.78 is 5.32. The second-order valence-electron chi connectivity index (χ2n) is 3.76. The largest absolute Gasteiger partial charge is 0.389 e. The van der Waals surface area contributed by atoms with Gasteiger partial charge in [-0.15, -0.1) is 0 Å². The Kier molecular flexibility index (Phi) is 2.47. The number of ether oxygens (including phenoxy) is 1. The van der Waals surface area contributed by atoms with Crippen LogP contribution in [0.2, 0.25) is 0 Å². The van der Waals surface area contributed by atoms with Gasteiger partial charge in [0.25, 0.3) is 0 Å². The fourth-order valence-corrected chi connectivity index (χ4v) is 2.10. The second kappa shape index (κ2) is 3.58. The summed E-state index contributed by atoms with van der Waals surface area (Å²) in [4.78, 5) is 0. The van der Waals surface area contributed by atoms with Gasteiger partial charge in [-0.25, -0.2) is 0 Å². The second-order valence-corrected chi connectivity index (χ2v) is 3.76. The highest BCUT2D eigenvalue weighted by Gasteiger charge is 2.22. The van der Waals surface area contributed by atoms with Crippen LogP contribution in [0.15, 0.2) is 11.6 Å². The van der Waals surface area contributed by atoms with Gasteiger partial charge >= 0.3 is 0 Å². The van der Waals surface area contributed by atoms with E-state index in [9.17, 15) is 5.11 Å².